The molecule has 4 heteroatoms. The van der Waals surface area contributed by atoms with Crippen LogP contribution in [0.3, 0.4) is 0 Å². The Labute approximate surface area is 114 Å². The minimum absolute atomic E-state index is 0.0618. The summed E-state index contributed by atoms with van der Waals surface area (Å²) in [6.07, 6.45) is 2.57. The van der Waals surface area contributed by atoms with Gasteiger partial charge in [-0.15, -0.1) is 0 Å². The summed E-state index contributed by atoms with van der Waals surface area (Å²) in [5, 5.41) is 13.2. The van der Waals surface area contributed by atoms with Crippen LogP contribution in [-0.4, -0.2) is 35.7 Å². The van der Waals surface area contributed by atoms with Crippen molar-refractivity contribution < 1.29 is 9.50 Å². The number of phenolic OH excluding ortho intramolecular Hbond substituents is 1. The number of hydrogen-bond donors (Lipinski definition) is 2. The van der Waals surface area contributed by atoms with Gasteiger partial charge in [0.1, 0.15) is 11.6 Å². The Morgan fingerprint density at radius 2 is 2.00 bits per heavy atom. The fourth-order valence-electron chi connectivity index (χ4n) is 2.79. The molecule has 2 atom stereocenters. The number of halogens is 1. The number of hydrogen-bond acceptors (Lipinski definition) is 3. The minimum atomic E-state index is -0.311. The van der Waals surface area contributed by atoms with E-state index in [4.69, 9.17) is 0 Å². The summed E-state index contributed by atoms with van der Waals surface area (Å²) in [5.41, 5.74) is 0.619. The minimum Gasteiger partial charge on any atom is -0.508 e. The summed E-state index contributed by atoms with van der Waals surface area (Å²) in [6, 6.07) is 4.34. The normalized spacial score (nSPS) is 19.5. The molecule has 0 amide bonds. The van der Waals surface area contributed by atoms with E-state index in [1.165, 1.54) is 44.1 Å². The lowest BCUT2D eigenvalue weighted by Crippen LogP contribution is -2.39. The molecule has 1 heterocycles. The third kappa shape index (κ3) is 3.91. The van der Waals surface area contributed by atoms with Crippen LogP contribution in [0.25, 0.3) is 0 Å². The maximum Gasteiger partial charge on any atom is 0.123 e. The molecule has 2 N–H and O–H groups in total. The van der Waals surface area contributed by atoms with Gasteiger partial charge in [0.05, 0.1) is 0 Å². The van der Waals surface area contributed by atoms with Crippen LogP contribution in [0.1, 0.15) is 38.3 Å². The second kappa shape index (κ2) is 6.35. The van der Waals surface area contributed by atoms with E-state index >= 15 is 0 Å². The molecular formula is C15H23FN2O. The first-order chi connectivity index (χ1) is 9.06. The van der Waals surface area contributed by atoms with Crippen LogP contribution >= 0.6 is 0 Å². The number of benzene rings is 1. The standard InChI is InChI=1S/C15H23FN2O/c1-11(10-18-7-3-4-8-18)17-12(2)14-9-13(16)5-6-15(14)19/h5-6,9,11-12,17,19H,3-4,7-8,10H2,1-2H3. The van der Waals surface area contributed by atoms with Crippen molar-refractivity contribution in [2.75, 3.05) is 19.6 Å². The molecule has 106 valence electrons. The van der Waals surface area contributed by atoms with Crippen molar-refractivity contribution >= 4 is 0 Å². The van der Waals surface area contributed by atoms with E-state index < -0.39 is 0 Å². The highest BCUT2D eigenvalue weighted by Gasteiger charge is 2.18. The summed E-state index contributed by atoms with van der Waals surface area (Å²) in [7, 11) is 0. The van der Waals surface area contributed by atoms with Gasteiger partial charge in [-0.1, -0.05) is 0 Å². The molecule has 0 aromatic heterocycles. The number of likely N-dealkylation sites (tertiary alicyclic amines) is 1. The van der Waals surface area contributed by atoms with Crippen molar-refractivity contribution in [3.8, 4) is 5.75 Å². The molecular weight excluding hydrogens is 243 g/mol. The predicted molar refractivity (Wildman–Crippen MR) is 74.8 cm³/mol. The van der Waals surface area contributed by atoms with E-state index in [0.29, 0.717) is 11.6 Å². The van der Waals surface area contributed by atoms with Gasteiger partial charge in [-0.3, -0.25) is 0 Å². The highest BCUT2D eigenvalue weighted by atomic mass is 19.1. The van der Waals surface area contributed by atoms with E-state index in [1.807, 2.05) is 6.92 Å². The highest BCUT2D eigenvalue weighted by molar-refractivity contribution is 5.34. The van der Waals surface area contributed by atoms with Crippen LogP contribution in [0.4, 0.5) is 4.39 Å². The molecule has 3 nitrogen and oxygen atoms in total. The molecule has 2 unspecified atom stereocenters. The zero-order chi connectivity index (χ0) is 13.8. The van der Waals surface area contributed by atoms with Crippen LogP contribution in [0.15, 0.2) is 18.2 Å². The SMILES string of the molecule is CC(CN1CCCC1)NC(C)c1cc(F)ccc1O. The number of nitrogens with zero attached hydrogens (tertiary/aromatic N) is 1. The van der Waals surface area contributed by atoms with E-state index in [1.54, 1.807) is 0 Å². The number of nitrogens with one attached hydrogen (secondary N) is 1. The second-order valence-corrected chi connectivity index (χ2v) is 5.50. The summed E-state index contributed by atoms with van der Waals surface area (Å²) in [5.74, 6) is -0.164. The average Bonchev–Trinajstić information content (AvgIpc) is 2.84. The van der Waals surface area contributed by atoms with E-state index in [2.05, 4.69) is 17.1 Å². The molecule has 2 rings (SSSR count). The van der Waals surface area contributed by atoms with Gasteiger partial charge in [0, 0.05) is 24.2 Å². The second-order valence-electron chi connectivity index (χ2n) is 5.50. The fraction of sp³-hybridized carbons (Fsp3) is 0.600. The number of phenols is 1. The molecule has 1 aliphatic heterocycles. The lowest BCUT2D eigenvalue weighted by molar-refractivity contribution is 0.288. The summed E-state index contributed by atoms with van der Waals surface area (Å²) >= 11 is 0. The van der Waals surface area contributed by atoms with Crippen molar-refractivity contribution in [3.63, 3.8) is 0 Å². The first-order valence-electron chi connectivity index (χ1n) is 7.03. The Morgan fingerprint density at radius 3 is 2.68 bits per heavy atom. The molecule has 0 bridgehead atoms. The lowest BCUT2D eigenvalue weighted by atomic mass is 10.1. The van der Waals surface area contributed by atoms with E-state index in [-0.39, 0.29) is 17.6 Å². The summed E-state index contributed by atoms with van der Waals surface area (Å²) in [6.45, 7) is 7.43. The lowest BCUT2D eigenvalue weighted by Gasteiger charge is -2.25. The Hall–Kier alpha value is -1.13. The molecule has 1 fully saturated rings. The molecule has 19 heavy (non-hydrogen) atoms. The van der Waals surface area contributed by atoms with Crippen LogP contribution in [0.5, 0.6) is 5.75 Å². The first kappa shape index (κ1) is 14.3. The van der Waals surface area contributed by atoms with Crippen molar-refractivity contribution in [3.05, 3.63) is 29.6 Å². The van der Waals surface area contributed by atoms with Gasteiger partial charge < -0.3 is 15.3 Å². The van der Waals surface area contributed by atoms with Crippen molar-refractivity contribution in [1.29, 1.82) is 0 Å². The van der Waals surface area contributed by atoms with Gasteiger partial charge in [0.25, 0.3) is 0 Å². The van der Waals surface area contributed by atoms with Gasteiger partial charge in [-0.2, -0.15) is 0 Å². The zero-order valence-electron chi connectivity index (χ0n) is 11.7. The van der Waals surface area contributed by atoms with Crippen molar-refractivity contribution in [2.24, 2.45) is 0 Å². The van der Waals surface area contributed by atoms with Gasteiger partial charge in [0.15, 0.2) is 0 Å². The van der Waals surface area contributed by atoms with Gasteiger partial charge in [-0.25, -0.2) is 4.39 Å². The predicted octanol–water partition coefficient (Wildman–Crippen LogP) is 2.67. The summed E-state index contributed by atoms with van der Waals surface area (Å²) < 4.78 is 13.2. The quantitative estimate of drug-likeness (QED) is 0.860. The average molecular weight is 266 g/mol. The Kier molecular flexibility index (Phi) is 4.77. The Bertz CT molecular complexity index is 419. The summed E-state index contributed by atoms with van der Waals surface area (Å²) in [4.78, 5) is 2.44. The van der Waals surface area contributed by atoms with Crippen LogP contribution in [-0.2, 0) is 0 Å². The monoisotopic (exact) mass is 266 g/mol. The maximum absolute atomic E-state index is 13.2. The molecule has 1 aromatic rings. The Balaban J connectivity index is 1.91. The third-order valence-electron chi connectivity index (χ3n) is 3.72. The highest BCUT2D eigenvalue weighted by Crippen LogP contribution is 2.25. The maximum atomic E-state index is 13.2. The van der Waals surface area contributed by atoms with E-state index in [0.717, 1.165) is 6.54 Å². The van der Waals surface area contributed by atoms with Gasteiger partial charge >= 0.3 is 0 Å². The molecule has 0 saturated carbocycles. The zero-order valence-corrected chi connectivity index (χ0v) is 11.7. The van der Waals surface area contributed by atoms with Gasteiger partial charge in [-0.05, 0) is 58.0 Å². The van der Waals surface area contributed by atoms with Crippen LogP contribution in [0.2, 0.25) is 0 Å². The largest absolute Gasteiger partial charge is 0.508 e. The molecule has 0 spiro atoms. The van der Waals surface area contributed by atoms with Crippen LogP contribution in [0, 0.1) is 5.82 Å². The smallest absolute Gasteiger partial charge is 0.123 e. The first-order valence-corrected chi connectivity index (χ1v) is 7.03. The van der Waals surface area contributed by atoms with Crippen molar-refractivity contribution in [2.45, 2.75) is 38.8 Å². The molecule has 1 saturated heterocycles. The fourth-order valence-corrected chi connectivity index (χ4v) is 2.79. The third-order valence-corrected chi connectivity index (χ3v) is 3.72. The van der Waals surface area contributed by atoms with Gasteiger partial charge in [0.2, 0.25) is 0 Å². The van der Waals surface area contributed by atoms with E-state index in [9.17, 15) is 9.50 Å². The molecule has 1 aromatic carbocycles. The van der Waals surface area contributed by atoms with Crippen LogP contribution < -0.4 is 5.32 Å². The topological polar surface area (TPSA) is 35.5 Å². The number of aromatic hydroxyl groups is 1. The molecule has 1 aliphatic rings. The number of rotatable bonds is 5. The Morgan fingerprint density at radius 1 is 1.32 bits per heavy atom. The molecule has 0 radical (unpaired) electrons. The van der Waals surface area contributed by atoms with Crippen molar-refractivity contribution in [1.82, 2.24) is 10.2 Å². The molecule has 0 aliphatic carbocycles.